The van der Waals surface area contributed by atoms with E-state index in [4.69, 9.17) is 10.8 Å². The van der Waals surface area contributed by atoms with Crippen LogP contribution >= 0.6 is 0 Å². The molecule has 6 heteroatoms. The molecule has 0 aliphatic heterocycles. The van der Waals surface area contributed by atoms with E-state index in [1.807, 2.05) is 0 Å². The summed E-state index contributed by atoms with van der Waals surface area (Å²) in [5.41, 5.74) is 5.74. The molecule has 17 heavy (non-hydrogen) atoms. The lowest BCUT2D eigenvalue weighted by molar-refractivity contribution is -0.308. The van der Waals surface area contributed by atoms with Gasteiger partial charge in [-0.3, -0.25) is 4.79 Å². The van der Waals surface area contributed by atoms with E-state index in [0.29, 0.717) is 5.56 Å². The predicted molar refractivity (Wildman–Crippen MR) is 57.8 cm³/mol. The number of aliphatic carboxylic acids is 1. The second kappa shape index (κ2) is 5.86. The van der Waals surface area contributed by atoms with Gasteiger partial charge in [0.25, 0.3) is 0 Å². The maximum absolute atomic E-state index is 11.0. The van der Waals surface area contributed by atoms with E-state index >= 15 is 0 Å². The minimum Gasteiger partial charge on any atom is -0.548 e. The third kappa shape index (κ3) is 4.12. The number of aromatic hydroxyl groups is 1. The number of hydrogen-bond acceptors (Lipinski definition) is 5. The van der Waals surface area contributed by atoms with Crippen molar-refractivity contribution in [1.82, 2.24) is 5.32 Å². The molecule has 0 fully saturated rings. The summed E-state index contributed by atoms with van der Waals surface area (Å²) >= 11 is 0. The van der Waals surface area contributed by atoms with Gasteiger partial charge in [-0.25, -0.2) is 0 Å². The molecule has 0 saturated carbocycles. The van der Waals surface area contributed by atoms with Crippen molar-refractivity contribution in [2.75, 3.05) is 6.54 Å². The first-order valence-electron chi connectivity index (χ1n) is 5.01. The number of carbonyl (C=O) groups is 2. The summed E-state index contributed by atoms with van der Waals surface area (Å²) in [5.74, 6) is -1.84. The maximum atomic E-state index is 11.0. The van der Waals surface area contributed by atoms with Gasteiger partial charge in [0, 0.05) is 0 Å². The van der Waals surface area contributed by atoms with Crippen LogP contribution in [-0.4, -0.2) is 29.6 Å². The van der Waals surface area contributed by atoms with Crippen LogP contribution in [0.15, 0.2) is 24.3 Å². The summed E-state index contributed by atoms with van der Waals surface area (Å²) in [5, 5.41) is 22.1. The zero-order chi connectivity index (χ0) is 12.8. The molecule has 1 aromatic carbocycles. The highest BCUT2D eigenvalue weighted by Crippen LogP contribution is 2.11. The number of amides is 1. The highest BCUT2D eigenvalue weighted by molar-refractivity contribution is 5.83. The molecule has 92 valence electrons. The average Bonchev–Trinajstić information content (AvgIpc) is 2.30. The second-order valence-electron chi connectivity index (χ2n) is 3.51. The fourth-order valence-electron chi connectivity index (χ4n) is 1.31. The highest BCUT2D eigenvalue weighted by atomic mass is 16.4. The third-order valence-corrected chi connectivity index (χ3v) is 2.18. The molecular weight excluding hydrogens is 224 g/mol. The third-order valence-electron chi connectivity index (χ3n) is 2.18. The van der Waals surface area contributed by atoms with Crippen molar-refractivity contribution in [3.63, 3.8) is 0 Å². The van der Waals surface area contributed by atoms with Crippen LogP contribution in [-0.2, 0) is 16.0 Å². The Kier molecular flexibility index (Phi) is 4.47. The van der Waals surface area contributed by atoms with Crippen molar-refractivity contribution < 1.29 is 19.8 Å². The molecule has 0 saturated heterocycles. The monoisotopic (exact) mass is 237 g/mol. The minimum absolute atomic E-state index is 0.0777. The molecule has 0 heterocycles. The lowest BCUT2D eigenvalue weighted by Crippen LogP contribution is -2.50. The van der Waals surface area contributed by atoms with Gasteiger partial charge in [-0.15, -0.1) is 0 Å². The van der Waals surface area contributed by atoms with Crippen LogP contribution in [0.3, 0.4) is 0 Å². The Morgan fingerprint density at radius 1 is 1.35 bits per heavy atom. The molecule has 0 radical (unpaired) electrons. The maximum Gasteiger partial charge on any atom is 0.234 e. The Hall–Kier alpha value is -2.08. The molecular formula is C11H13N2O4-. The Bertz CT molecular complexity index is 402. The zero-order valence-corrected chi connectivity index (χ0v) is 9.05. The van der Waals surface area contributed by atoms with Crippen molar-refractivity contribution in [2.24, 2.45) is 5.73 Å². The first-order chi connectivity index (χ1) is 8.02. The molecule has 1 aromatic rings. The number of phenolic OH excluding ortho intramolecular Hbond substituents is 1. The molecule has 0 spiro atoms. The fraction of sp³-hybridized carbons (Fsp3) is 0.273. The SMILES string of the molecule is NCC(=O)NC(Cc1ccc(O)cc1)C(=O)[O-]. The van der Waals surface area contributed by atoms with Gasteiger partial charge in [-0.1, -0.05) is 12.1 Å². The number of phenols is 1. The zero-order valence-electron chi connectivity index (χ0n) is 9.05. The van der Waals surface area contributed by atoms with E-state index in [1.165, 1.54) is 12.1 Å². The lowest BCUT2D eigenvalue weighted by atomic mass is 10.1. The van der Waals surface area contributed by atoms with Crippen LogP contribution in [0.2, 0.25) is 0 Å². The van der Waals surface area contributed by atoms with Crippen LogP contribution in [0.4, 0.5) is 0 Å². The van der Waals surface area contributed by atoms with Gasteiger partial charge in [0.1, 0.15) is 5.75 Å². The number of carboxylic acids is 1. The van der Waals surface area contributed by atoms with Gasteiger partial charge in [-0.05, 0) is 24.1 Å². The largest absolute Gasteiger partial charge is 0.548 e. The summed E-state index contributed by atoms with van der Waals surface area (Å²) in [4.78, 5) is 21.8. The van der Waals surface area contributed by atoms with Crippen LogP contribution in [0.5, 0.6) is 5.75 Å². The van der Waals surface area contributed by atoms with E-state index in [9.17, 15) is 14.7 Å². The number of carboxylic acid groups (broad SMARTS) is 1. The molecule has 1 unspecified atom stereocenters. The van der Waals surface area contributed by atoms with Crippen LogP contribution in [0.1, 0.15) is 5.56 Å². The summed E-state index contributed by atoms with van der Waals surface area (Å²) < 4.78 is 0. The molecule has 0 aliphatic carbocycles. The number of benzene rings is 1. The van der Waals surface area contributed by atoms with Crippen molar-refractivity contribution >= 4 is 11.9 Å². The quantitative estimate of drug-likeness (QED) is 0.554. The van der Waals surface area contributed by atoms with Crippen LogP contribution < -0.4 is 16.2 Å². The summed E-state index contributed by atoms with van der Waals surface area (Å²) in [6.07, 6.45) is 0.0777. The van der Waals surface area contributed by atoms with Crippen molar-refractivity contribution in [3.8, 4) is 5.75 Å². The Labute approximate surface area is 98.1 Å². The molecule has 1 rings (SSSR count). The molecule has 0 aliphatic rings. The highest BCUT2D eigenvalue weighted by Gasteiger charge is 2.13. The molecule has 1 atom stereocenters. The van der Waals surface area contributed by atoms with E-state index in [2.05, 4.69) is 5.32 Å². The van der Waals surface area contributed by atoms with E-state index in [0.717, 1.165) is 0 Å². The van der Waals surface area contributed by atoms with Crippen molar-refractivity contribution in [1.29, 1.82) is 0 Å². The second-order valence-corrected chi connectivity index (χ2v) is 3.51. The van der Waals surface area contributed by atoms with Gasteiger partial charge in [0.15, 0.2) is 0 Å². The molecule has 4 N–H and O–H groups in total. The number of carbonyl (C=O) groups excluding carboxylic acids is 2. The van der Waals surface area contributed by atoms with E-state index in [-0.39, 0.29) is 18.7 Å². The lowest BCUT2D eigenvalue weighted by Gasteiger charge is -2.19. The smallest absolute Gasteiger partial charge is 0.234 e. The van der Waals surface area contributed by atoms with Crippen molar-refractivity contribution in [2.45, 2.75) is 12.5 Å². The minimum atomic E-state index is -1.38. The van der Waals surface area contributed by atoms with Crippen LogP contribution in [0, 0.1) is 0 Å². The topological polar surface area (TPSA) is 115 Å². The van der Waals surface area contributed by atoms with Gasteiger partial charge in [0.05, 0.1) is 18.6 Å². The Balaban J connectivity index is 2.70. The first-order valence-corrected chi connectivity index (χ1v) is 5.01. The van der Waals surface area contributed by atoms with Gasteiger partial charge in [0.2, 0.25) is 5.91 Å². The number of nitrogens with two attached hydrogens (primary N) is 1. The molecule has 0 aromatic heterocycles. The molecule has 1 amide bonds. The van der Waals surface area contributed by atoms with Gasteiger partial charge < -0.3 is 26.1 Å². The van der Waals surface area contributed by atoms with Gasteiger partial charge >= 0.3 is 0 Å². The predicted octanol–water partition coefficient (Wildman–Crippen LogP) is -1.87. The Morgan fingerprint density at radius 3 is 2.41 bits per heavy atom. The molecule has 0 bridgehead atoms. The number of nitrogens with one attached hydrogen (secondary N) is 1. The Morgan fingerprint density at radius 2 is 1.94 bits per heavy atom. The normalized spacial score (nSPS) is 11.8. The number of hydrogen-bond donors (Lipinski definition) is 3. The van der Waals surface area contributed by atoms with E-state index < -0.39 is 17.9 Å². The fourth-order valence-corrected chi connectivity index (χ4v) is 1.31. The standard InChI is InChI=1S/C11H14N2O4/c12-6-10(15)13-9(11(16)17)5-7-1-3-8(14)4-2-7/h1-4,9,14H,5-6,12H2,(H,13,15)(H,16,17)/p-1. The van der Waals surface area contributed by atoms with Gasteiger partial charge in [-0.2, -0.15) is 0 Å². The van der Waals surface area contributed by atoms with Crippen LogP contribution in [0.25, 0.3) is 0 Å². The van der Waals surface area contributed by atoms with Crippen molar-refractivity contribution in [3.05, 3.63) is 29.8 Å². The molecule has 6 nitrogen and oxygen atoms in total. The van der Waals surface area contributed by atoms with E-state index in [1.54, 1.807) is 12.1 Å². The summed E-state index contributed by atoms with van der Waals surface area (Å²) in [7, 11) is 0. The first kappa shape index (κ1) is 13.0. The average molecular weight is 237 g/mol. The summed E-state index contributed by atoms with van der Waals surface area (Å²) in [6, 6.07) is 4.88. The summed E-state index contributed by atoms with van der Waals surface area (Å²) in [6.45, 7) is -0.278. The number of rotatable bonds is 5.